The molecule has 0 unspecified atom stereocenters. The molecule has 2 aliphatic rings. The predicted molar refractivity (Wildman–Crippen MR) is 113 cm³/mol. The van der Waals surface area contributed by atoms with Crippen molar-refractivity contribution in [3.8, 4) is 11.4 Å². The molecule has 0 saturated heterocycles. The number of nitrogens with one attached hydrogen (secondary N) is 1. The van der Waals surface area contributed by atoms with E-state index in [0.29, 0.717) is 11.8 Å². The molecular formula is C22H23N5OS. The Morgan fingerprint density at radius 1 is 1.10 bits per heavy atom. The minimum absolute atomic E-state index is 0.0486. The molecule has 1 atom stereocenters. The molecule has 1 aromatic carbocycles. The molecule has 2 heterocycles. The highest BCUT2D eigenvalue weighted by atomic mass is 32.2. The molecule has 7 heteroatoms. The van der Waals surface area contributed by atoms with Crippen LogP contribution in [0.3, 0.4) is 0 Å². The number of hydrogen-bond donors (Lipinski definition) is 1. The van der Waals surface area contributed by atoms with E-state index in [2.05, 4.69) is 49.3 Å². The first-order valence-corrected chi connectivity index (χ1v) is 11.1. The maximum Gasteiger partial charge on any atom is 0.230 e. The van der Waals surface area contributed by atoms with E-state index >= 15 is 0 Å². The molecule has 1 amide bonds. The van der Waals surface area contributed by atoms with E-state index < -0.39 is 0 Å². The van der Waals surface area contributed by atoms with Crippen molar-refractivity contribution in [3.05, 3.63) is 59.9 Å². The topological polar surface area (TPSA) is 72.7 Å². The van der Waals surface area contributed by atoms with Gasteiger partial charge in [0, 0.05) is 24.0 Å². The normalized spacial score (nSPS) is 18.3. The standard InChI is InChI=1S/C22H23N5OS/c28-20(24-19-7-3-5-15-4-1-2-6-18(15)19)14-29-22-26-25-21(27(22)17-8-9-17)16-10-12-23-13-11-16/h1-2,4,6,10-13,17,19H,3,5,7-9,14H2,(H,24,28)/t19-/m0/s1. The van der Waals surface area contributed by atoms with Crippen molar-refractivity contribution in [3.63, 3.8) is 0 Å². The predicted octanol–water partition coefficient (Wildman–Crippen LogP) is 3.96. The van der Waals surface area contributed by atoms with Crippen LogP contribution >= 0.6 is 11.8 Å². The summed E-state index contributed by atoms with van der Waals surface area (Å²) in [5.41, 5.74) is 3.62. The third-order valence-electron chi connectivity index (χ3n) is 5.55. The zero-order valence-corrected chi connectivity index (χ0v) is 16.9. The summed E-state index contributed by atoms with van der Waals surface area (Å²) in [6.45, 7) is 0. The lowest BCUT2D eigenvalue weighted by Gasteiger charge is -2.26. The average Bonchev–Trinajstić information content (AvgIpc) is 3.52. The fourth-order valence-electron chi connectivity index (χ4n) is 4.01. The molecule has 0 spiro atoms. The molecule has 2 aliphatic carbocycles. The van der Waals surface area contributed by atoms with Crippen molar-refractivity contribution in [2.75, 3.05) is 5.75 Å². The number of aryl methyl sites for hydroxylation is 1. The summed E-state index contributed by atoms with van der Waals surface area (Å²) in [5, 5.41) is 12.8. The summed E-state index contributed by atoms with van der Waals surface area (Å²) in [6, 6.07) is 12.9. The molecule has 29 heavy (non-hydrogen) atoms. The number of carbonyl (C=O) groups is 1. The molecule has 0 aliphatic heterocycles. The Labute approximate surface area is 174 Å². The second-order valence-corrected chi connectivity index (χ2v) is 8.59. The Morgan fingerprint density at radius 3 is 2.76 bits per heavy atom. The van der Waals surface area contributed by atoms with Gasteiger partial charge in [0.2, 0.25) is 5.91 Å². The van der Waals surface area contributed by atoms with E-state index in [9.17, 15) is 4.79 Å². The van der Waals surface area contributed by atoms with Gasteiger partial charge in [-0.2, -0.15) is 0 Å². The minimum atomic E-state index is 0.0486. The molecule has 0 radical (unpaired) electrons. The summed E-state index contributed by atoms with van der Waals surface area (Å²) >= 11 is 1.47. The zero-order chi connectivity index (χ0) is 19.6. The Balaban J connectivity index is 1.28. The molecule has 6 nitrogen and oxygen atoms in total. The van der Waals surface area contributed by atoms with Gasteiger partial charge in [-0.3, -0.25) is 14.3 Å². The third kappa shape index (κ3) is 3.92. The SMILES string of the molecule is O=C(CSc1nnc(-c2ccncc2)n1C1CC1)N[C@H]1CCCc2ccccc21. The first-order chi connectivity index (χ1) is 14.3. The number of rotatable bonds is 6. The molecule has 1 saturated carbocycles. The van der Waals surface area contributed by atoms with Crippen molar-refractivity contribution in [2.24, 2.45) is 0 Å². The van der Waals surface area contributed by atoms with Crippen LogP contribution in [0.15, 0.2) is 53.9 Å². The maximum absolute atomic E-state index is 12.7. The molecule has 0 bridgehead atoms. The fraction of sp³-hybridized carbons (Fsp3) is 0.364. The van der Waals surface area contributed by atoms with Crippen molar-refractivity contribution >= 4 is 17.7 Å². The summed E-state index contributed by atoms with van der Waals surface area (Å²) in [5.74, 6) is 1.26. The Bertz CT molecular complexity index is 1020. The van der Waals surface area contributed by atoms with Gasteiger partial charge in [0.25, 0.3) is 0 Å². The van der Waals surface area contributed by atoms with E-state index in [4.69, 9.17) is 0 Å². The fourth-order valence-corrected chi connectivity index (χ4v) is 4.82. The van der Waals surface area contributed by atoms with Crippen molar-refractivity contribution < 1.29 is 4.79 Å². The molecule has 5 rings (SSSR count). The van der Waals surface area contributed by atoms with Gasteiger partial charge >= 0.3 is 0 Å². The van der Waals surface area contributed by atoms with Crippen molar-refractivity contribution in [1.29, 1.82) is 0 Å². The van der Waals surface area contributed by atoms with Gasteiger partial charge in [-0.1, -0.05) is 36.0 Å². The van der Waals surface area contributed by atoms with Crippen molar-refractivity contribution in [2.45, 2.75) is 49.3 Å². The van der Waals surface area contributed by atoms with Gasteiger partial charge in [0.15, 0.2) is 11.0 Å². The Kier molecular flexibility index (Phi) is 5.06. The van der Waals surface area contributed by atoms with Crippen LogP contribution in [0.2, 0.25) is 0 Å². The second kappa shape index (κ2) is 7.99. The van der Waals surface area contributed by atoms with E-state index in [1.165, 1.54) is 22.9 Å². The lowest BCUT2D eigenvalue weighted by atomic mass is 9.88. The number of aromatic nitrogens is 4. The lowest BCUT2D eigenvalue weighted by molar-refractivity contribution is -0.119. The zero-order valence-electron chi connectivity index (χ0n) is 16.1. The molecule has 1 N–H and O–H groups in total. The van der Waals surface area contributed by atoms with E-state index in [-0.39, 0.29) is 11.9 Å². The van der Waals surface area contributed by atoms with E-state index in [0.717, 1.165) is 48.6 Å². The van der Waals surface area contributed by atoms with Crippen LogP contribution in [0.4, 0.5) is 0 Å². The number of fused-ring (bicyclic) bond motifs is 1. The first-order valence-electron chi connectivity index (χ1n) is 10.1. The largest absolute Gasteiger partial charge is 0.349 e. The molecule has 148 valence electrons. The monoisotopic (exact) mass is 405 g/mol. The van der Waals surface area contributed by atoms with Crippen LogP contribution in [0, 0.1) is 0 Å². The summed E-state index contributed by atoms with van der Waals surface area (Å²) in [7, 11) is 0. The number of hydrogen-bond acceptors (Lipinski definition) is 5. The van der Waals surface area contributed by atoms with Gasteiger partial charge in [0.05, 0.1) is 11.8 Å². The smallest absolute Gasteiger partial charge is 0.230 e. The van der Waals surface area contributed by atoms with Crippen LogP contribution in [-0.2, 0) is 11.2 Å². The summed E-state index contributed by atoms with van der Waals surface area (Å²) < 4.78 is 2.18. The Hall–Kier alpha value is -2.67. The van der Waals surface area contributed by atoms with Gasteiger partial charge in [-0.15, -0.1) is 10.2 Å². The van der Waals surface area contributed by atoms with E-state index in [1.54, 1.807) is 12.4 Å². The van der Waals surface area contributed by atoms with Crippen molar-refractivity contribution in [1.82, 2.24) is 25.1 Å². The number of nitrogens with zero attached hydrogens (tertiary/aromatic N) is 4. The number of pyridine rings is 1. The van der Waals surface area contributed by atoms with Crippen LogP contribution in [0.25, 0.3) is 11.4 Å². The van der Waals surface area contributed by atoms with Gasteiger partial charge in [-0.05, 0) is 55.4 Å². The first kappa shape index (κ1) is 18.4. The highest BCUT2D eigenvalue weighted by Crippen LogP contribution is 2.41. The number of carbonyl (C=O) groups excluding carboxylic acids is 1. The average molecular weight is 406 g/mol. The highest BCUT2D eigenvalue weighted by Gasteiger charge is 2.30. The van der Waals surface area contributed by atoms with E-state index in [1.807, 2.05) is 12.1 Å². The third-order valence-corrected chi connectivity index (χ3v) is 6.50. The second-order valence-electron chi connectivity index (χ2n) is 7.64. The van der Waals surface area contributed by atoms with Gasteiger partial charge in [-0.25, -0.2) is 0 Å². The lowest BCUT2D eigenvalue weighted by Crippen LogP contribution is -2.32. The maximum atomic E-state index is 12.7. The number of amides is 1. The number of thioether (sulfide) groups is 1. The summed E-state index contributed by atoms with van der Waals surface area (Å²) in [6.07, 6.45) is 9.01. The summed E-state index contributed by atoms with van der Waals surface area (Å²) in [4.78, 5) is 16.8. The molecule has 1 fully saturated rings. The highest BCUT2D eigenvalue weighted by molar-refractivity contribution is 7.99. The van der Waals surface area contributed by atoms with Gasteiger partial charge in [0.1, 0.15) is 0 Å². The number of benzene rings is 1. The quantitative estimate of drug-likeness (QED) is 0.629. The van der Waals surface area contributed by atoms with Crippen LogP contribution < -0.4 is 5.32 Å². The van der Waals surface area contributed by atoms with Gasteiger partial charge < -0.3 is 5.32 Å². The van der Waals surface area contributed by atoms with Crippen LogP contribution in [-0.4, -0.2) is 31.4 Å². The Morgan fingerprint density at radius 2 is 1.93 bits per heavy atom. The molecule has 3 aromatic rings. The molecule has 2 aromatic heterocycles. The molecular weight excluding hydrogens is 382 g/mol. The van der Waals surface area contributed by atoms with Crippen LogP contribution in [0.5, 0.6) is 0 Å². The minimum Gasteiger partial charge on any atom is -0.349 e. The van der Waals surface area contributed by atoms with Crippen LogP contribution in [0.1, 0.15) is 48.9 Å².